The summed E-state index contributed by atoms with van der Waals surface area (Å²) in [6, 6.07) is 8.11. The van der Waals surface area contributed by atoms with E-state index in [0.29, 0.717) is 6.61 Å². The molecule has 0 spiro atoms. The summed E-state index contributed by atoms with van der Waals surface area (Å²) in [6.07, 6.45) is 0. The third-order valence-corrected chi connectivity index (χ3v) is 4.26. The van der Waals surface area contributed by atoms with Crippen molar-refractivity contribution in [3.8, 4) is 5.75 Å². The fraction of sp³-hybridized carbons (Fsp3) is 0.625. The summed E-state index contributed by atoms with van der Waals surface area (Å²) < 4.78 is 5.67. The molecule has 1 aliphatic rings. The average Bonchev–Trinajstić information content (AvgIpc) is 2.49. The minimum absolute atomic E-state index is 0.00840. The maximum Gasteiger partial charge on any atom is 0.124 e. The molecule has 2 rings (SSSR count). The van der Waals surface area contributed by atoms with Gasteiger partial charge in [-0.05, 0) is 19.5 Å². The van der Waals surface area contributed by atoms with E-state index in [4.69, 9.17) is 16.3 Å². The lowest BCUT2D eigenvalue weighted by molar-refractivity contribution is 0.137. The summed E-state index contributed by atoms with van der Waals surface area (Å²) in [4.78, 5) is 4.93. The van der Waals surface area contributed by atoms with Crippen LogP contribution in [0.4, 0.5) is 0 Å². The van der Waals surface area contributed by atoms with Crippen molar-refractivity contribution in [2.75, 3.05) is 45.9 Å². The molecule has 112 valence electrons. The summed E-state index contributed by atoms with van der Waals surface area (Å²) in [6.45, 7) is 11.4. The standard InChI is InChI=1S/C16H25ClN2O/c1-3-18-9-11-19(12-10-18)13-15(17)14-7-5-6-8-16(14)20-4-2/h5-8,15H,3-4,9-13H2,1-2H3. The molecular formula is C16H25ClN2O. The maximum atomic E-state index is 6.62. The van der Waals surface area contributed by atoms with Gasteiger partial charge in [0.15, 0.2) is 0 Å². The van der Waals surface area contributed by atoms with Crippen molar-refractivity contribution >= 4 is 11.6 Å². The predicted octanol–water partition coefficient (Wildman–Crippen LogP) is 3.00. The molecule has 0 radical (unpaired) electrons. The van der Waals surface area contributed by atoms with Crippen molar-refractivity contribution in [1.82, 2.24) is 9.80 Å². The second kappa shape index (κ2) is 7.87. The molecule has 20 heavy (non-hydrogen) atoms. The van der Waals surface area contributed by atoms with Crippen LogP contribution in [-0.2, 0) is 0 Å². The molecule has 1 saturated heterocycles. The smallest absolute Gasteiger partial charge is 0.124 e. The van der Waals surface area contributed by atoms with Crippen molar-refractivity contribution in [1.29, 1.82) is 0 Å². The molecule has 1 atom stereocenters. The minimum atomic E-state index is -0.00840. The molecule has 1 unspecified atom stereocenters. The van der Waals surface area contributed by atoms with Crippen molar-refractivity contribution < 1.29 is 4.74 Å². The van der Waals surface area contributed by atoms with Crippen LogP contribution in [0, 0.1) is 0 Å². The Hall–Kier alpha value is -0.770. The Kier molecular flexibility index (Phi) is 6.14. The third kappa shape index (κ3) is 4.11. The van der Waals surface area contributed by atoms with Crippen molar-refractivity contribution in [2.45, 2.75) is 19.2 Å². The Labute approximate surface area is 127 Å². The maximum absolute atomic E-state index is 6.62. The van der Waals surface area contributed by atoms with E-state index >= 15 is 0 Å². The number of piperazine rings is 1. The van der Waals surface area contributed by atoms with E-state index in [1.807, 2.05) is 25.1 Å². The SMILES string of the molecule is CCOc1ccccc1C(Cl)CN1CCN(CC)CC1. The Morgan fingerprint density at radius 2 is 1.75 bits per heavy atom. The lowest BCUT2D eigenvalue weighted by Gasteiger charge is -2.35. The molecule has 1 aliphatic heterocycles. The first kappa shape index (κ1) is 15.6. The number of likely N-dealkylation sites (N-methyl/N-ethyl adjacent to an activating group) is 1. The van der Waals surface area contributed by atoms with Crippen LogP contribution in [0.15, 0.2) is 24.3 Å². The van der Waals surface area contributed by atoms with Crippen LogP contribution >= 0.6 is 11.6 Å². The van der Waals surface area contributed by atoms with E-state index in [9.17, 15) is 0 Å². The van der Waals surface area contributed by atoms with Crippen molar-refractivity contribution in [3.63, 3.8) is 0 Å². The number of ether oxygens (including phenoxy) is 1. The average molecular weight is 297 g/mol. The zero-order valence-electron chi connectivity index (χ0n) is 12.5. The summed E-state index contributed by atoms with van der Waals surface area (Å²) in [5.41, 5.74) is 1.11. The van der Waals surface area contributed by atoms with Gasteiger partial charge < -0.3 is 9.64 Å². The highest BCUT2D eigenvalue weighted by molar-refractivity contribution is 6.21. The summed E-state index contributed by atoms with van der Waals surface area (Å²) >= 11 is 6.62. The van der Waals surface area contributed by atoms with Crippen LogP contribution in [-0.4, -0.2) is 55.7 Å². The first-order chi connectivity index (χ1) is 9.74. The van der Waals surface area contributed by atoms with Crippen LogP contribution in [0.3, 0.4) is 0 Å². The van der Waals surface area contributed by atoms with E-state index in [0.717, 1.165) is 50.6 Å². The number of alkyl halides is 1. The third-order valence-electron chi connectivity index (χ3n) is 3.89. The molecule has 1 aromatic rings. The van der Waals surface area contributed by atoms with Gasteiger partial charge in [-0.1, -0.05) is 25.1 Å². The number of nitrogens with zero attached hydrogens (tertiary/aromatic N) is 2. The summed E-state index contributed by atoms with van der Waals surface area (Å²) in [7, 11) is 0. The van der Waals surface area contributed by atoms with E-state index in [2.05, 4.69) is 22.8 Å². The zero-order chi connectivity index (χ0) is 14.4. The largest absolute Gasteiger partial charge is 0.494 e. The highest BCUT2D eigenvalue weighted by Gasteiger charge is 2.20. The van der Waals surface area contributed by atoms with Crippen molar-refractivity contribution in [2.24, 2.45) is 0 Å². The number of halogens is 1. The highest BCUT2D eigenvalue weighted by Crippen LogP contribution is 2.30. The van der Waals surface area contributed by atoms with Crippen LogP contribution < -0.4 is 4.74 Å². The number of rotatable bonds is 6. The Morgan fingerprint density at radius 1 is 1.10 bits per heavy atom. The van der Waals surface area contributed by atoms with E-state index in [1.165, 1.54) is 0 Å². The highest BCUT2D eigenvalue weighted by atomic mass is 35.5. The van der Waals surface area contributed by atoms with E-state index < -0.39 is 0 Å². The van der Waals surface area contributed by atoms with Gasteiger partial charge >= 0.3 is 0 Å². The first-order valence-corrected chi connectivity index (χ1v) is 7.98. The number of hydrogen-bond acceptors (Lipinski definition) is 3. The Balaban J connectivity index is 1.93. The van der Waals surface area contributed by atoms with Gasteiger partial charge in [0.05, 0.1) is 12.0 Å². The lowest BCUT2D eigenvalue weighted by atomic mass is 10.1. The van der Waals surface area contributed by atoms with Gasteiger partial charge in [0, 0.05) is 38.3 Å². The monoisotopic (exact) mass is 296 g/mol. The van der Waals surface area contributed by atoms with Crippen LogP contribution in [0.1, 0.15) is 24.8 Å². The fourth-order valence-electron chi connectivity index (χ4n) is 2.64. The topological polar surface area (TPSA) is 15.7 Å². The van der Waals surface area contributed by atoms with Crippen LogP contribution in [0.25, 0.3) is 0 Å². The predicted molar refractivity (Wildman–Crippen MR) is 84.8 cm³/mol. The molecule has 0 saturated carbocycles. The number of hydrogen-bond donors (Lipinski definition) is 0. The second-order valence-corrected chi connectivity index (χ2v) is 5.70. The molecule has 1 fully saturated rings. The normalized spacial score (nSPS) is 18.9. The van der Waals surface area contributed by atoms with E-state index in [-0.39, 0.29) is 5.38 Å². The van der Waals surface area contributed by atoms with Gasteiger partial charge in [-0.3, -0.25) is 4.90 Å². The Morgan fingerprint density at radius 3 is 2.40 bits per heavy atom. The minimum Gasteiger partial charge on any atom is -0.494 e. The van der Waals surface area contributed by atoms with Gasteiger partial charge in [-0.25, -0.2) is 0 Å². The zero-order valence-corrected chi connectivity index (χ0v) is 13.3. The van der Waals surface area contributed by atoms with Gasteiger partial charge in [0.1, 0.15) is 5.75 Å². The molecule has 1 aromatic carbocycles. The summed E-state index contributed by atoms with van der Waals surface area (Å²) in [5, 5.41) is -0.00840. The summed E-state index contributed by atoms with van der Waals surface area (Å²) in [5.74, 6) is 0.919. The van der Waals surface area contributed by atoms with Gasteiger partial charge in [-0.15, -0.1) is 11.6 Å². The molecule has 4 heteroatoms. The molecule has 0 N–H and O–H groups in total. The molecule has 3 nitrogen and oxygen atoms in total. The first-order valence-electron chi connectivity index (χ1n) is 7.55. The Bertz CT molecular complexity index is 405. The van der Waals surface area contributed by atoms with Gasteiger partial charge in [0.2, 0.25) is 0 Å². The van der Waals surface area contributed by atoms with Crippen LogP contribution in [0.2, 0.25) is 0 Å². The van der Waals surface area contributed by atoms with Crippen molar-refractivity contribution in [3.05, 3.63) is 29.8 Å². The fourth-order valence-corrected chi connectivity index (χ4v) is 3.01. The molecule has 1 heterocycles. The van der Waals surface area contributed by atoms with E-state index in [1.54, 1.807) is 0 Å². The molecule has 0 aromatic heterocycles. The van der Waals surface area contributed by atoms with Gasteiger partial charge in [0.25, 0.3) is 0 Å². The van der Waals surface area contributed by atoms with Crippen LogP contribution in [0.5, 0.6) is 5.75 Å². The quantitative estimate of drug-likeness (QED) is 0.751. The number of benzene rings is 1. The van der Waals surface area contributed by atoms with Gasteiger partial charge in [-0.2, -0.15) is 0 Å². The number of para-hydroxylation sites is 1. The molecule has 0 amide bonds. The molecule has 0 bridgehead atoms. The second-order valence-electron chi connectivity index (χ2n) is 5.17. The lowest BCUT2D eigenvalue weighted by Crippen LogP contribution is -2.46. The molecular weight excluding hydrogens is 272 g/mol. The molecule has 0 aliphatic carbocycles.